The Hall–Kier alpha value is -1.00. The molecule has 1 aliphatic rings. The molecule has 2 nitrogen and oxygen atoms in total. The zero-order chi connectivity index (χ0) is 13.8. The van der Waals surface area contributed by atoms with Gasteiger partial charge in [0.25, 0.3) is 6.43 Å². The Morgan fingerprint density at radius 1 is 1.42 bits per heavy atom. The molecule has 106 valence electrons. The molecule has 2 atom stereocenters. The Morgan fingerprint density at radius 3 is 2.89 bits per heavy atom. The molecule has 0 bridgehead atoms. The number of alkyl halides is 2. The predicted octanol–water partition coefficient (Wildman–Crippen LogP) is 3.04. The minimum atomic E-state index is -2.39. The molecule has 1 aromatic rings. The fourth-order valence-electron chi connectivity index (χ4n) is 2.76. The van der Waals surface area contributed by atoms with E-state index < -0.39 is 6.43 Å². The van der Waals surface area contributed by atoms with Gasteiger partial charge in [-0.15, -0.1) is 0 Å². The Bertz CT molecular complexity index is 409. The highest BCUT2D eigenvalue weighted by Gasteiger charge is 2.25. The lowest BCUT2D eigenvalue weighted by atomic mass is 9.87. The summed E-state index contributed by atoms with van der Waals surface area (Å²) >= 11 is 0. The average Bonchev–Trinajstić information content (AvgIpc) is 2.41. The number of rotatable bonds is 4. The maximum absolute atomic E-state index is 12.7. The second-order valence-corrected chi connectivity index (χ2v) is 5.54. The molecule has 1 heterocycles. The van der Waals surface area contributed by atoms with Crippen LogP contribution in [0.1, 0.15) is 30.9 Å². The van der Waals surface area contributed by atoms with Crippen LogP contribution in [0.5, 0.6) is 0 Å². The summed E-state index contributed by atoms with van der Waals surface area (Å²) in [4.78, 5) is 2.32. The first kappa shape index (κ1) is 14.4. The molecule has 0 spiro atoms. The second kappa shape index (κ2) is 6.44. The smallest absolute Gasteiger partial charge is 0.263 e. The van der Waals surface area contributed by atoms with Crippen LogP contribution in [0.25, 0.3) is 0 Å². The van der Waals surface area contributed by atoms with E-state index in [1.165, 1.54) is 6.07 Å². The Labute approximate surface area is 113 Å². The lowest BCUT2D eigenvalue weighted by Gasteiger charge is -2.36. The molecule has 1 saturated heterocycles. The van der Waals surface area contributed by atoms with Gasteiger partial charge in [0.05, 0.1) is 0 Å². The van der Waals surface area contributed by atoms with Gasteiger partial charge >= 0.3 is 0 Å². The third-order valence-corrected chi connectivity index (χ3v) is 4.11. The summed E-state index contributed by atoms with van der Waals surface area (Å²) in [5.41, 5.74) is 6.86. The highest BCUT2D eigenvalue weighted by molar-refractivity contribution is 5.24. The molecular weight excluding hydrogens is 246 g/mol. The molecule has 0 amide bonds. The first-order valence-electron chi connectivity index (χ1n) is 6.89. The van der Waals surface area contributed by atoms with Crippen molar-refractivity contribution in [3.8, 4) is 0 Å². The minimum absolute atomic E-state index is 0.109. The summed E-state index contributed by atoms with van der Waals surface area (Å²) in [6, 6.07) is 6.72. The monoisotopic (exact) mass is 268 g/mol. The largest absolute Gasteiger partial charge is 0.330 e. The minimum Gasteiger partial charge on any atom is -0.330 e. The van der Waals surface area contributed by atoms with Crippen molar-refractivity contribution in [2.75, 3.05) is 19.6 Å². The van der Waals surface area contributed by atoms with Crippen molar-refractivity contribution in [2.45, 2.75) is 26.3 Å². The summed E-state index contributed by atoms with van der Waals surface area (Å²) in [5, 5.41) is 0. The number of nitrogens with two attached hydrogens (primary N) is 1. The van der Waals surface area contributed by atoms with Crippen molar-refractivity contribution in [3.05, 3.63) is 35.4 Å². The molecule has 2 N–H and O–H groups in total. The van der Waals surface area contributed by atoms with Gasteiger partial charge in [-0.1, -0.05) is 25.1 Å². The molecule has 19 heavy (non-hydrogen) atoms. The number of halogens is 2. The SMILES string of the molecule is CC1CCN(Cc2cccc(C(F)F)c2)CC1CN. The molecule has 0 aliphatic carbocycles. The zero-order valence-corrected chi connectivity index (χ0v) is 11.4. The van der Waals surface area contributed by atoms with Gasteiger partial charge in [-0.25, -0.2) is 8.78 Å². The van der Waals surface area contributed by atoms with Crippen molar-refractivity contribution < 1.29 is 8.78 Å². The summed E-state index contributed by atoms with van der Waals surface area (Å²) in [6.07, 6.45) is -1.26. The molecule has 2 unspecified atom stereocenters. The van der Waals surface area contributed by atoms with E-state index in [0.717, 1.165) is 31.6 Å². The van der Waals surface area contributed by atoms with E-state index in [1.54, 1.807) is 12.1 Å². The van der Waals surface area contributed by atoms with Crippen molar-refractivity contribution >= 4 is 0 Å². The number of piperidine rings is 1. The molecule has 1 aliphatic heterocycles. The van der Waals surface area contributed by atoms with Crippen LogP contribution in [-0.2, 0) is 6.54 Å². The maximum Gasteiger partial charge on any atom is 0.263 e. The van der Waals surface area contributed by atoms with E-state index >= 15 is 0 Å². The standard InChI is InChI=1S/C15H22F2N2/c1-11-5-6-19(10-14(11)8-18)9-12-3-2-4-13(7-12)15(16)17/h2-4,7,11,14-15H,5-6,8-10,18H2,1H3. The van der Waals surface area contributed by atoms with E-state index in [9.17, 15) is 8.78 Å². The van der Waals surface area contributed by atoms with Crippen molar-refractivity contribution in [3.63, 3.8) is 0 Å². The number of nitrogens with zero attached hydrogens (tertiary/aromatic N) is 1. The second-order valence-electron chi connectivity index (χ2n) is 5.54. The van der Waals surface area contributed by atoms with Crippen LogP contribution in [0.2, 0.25) is 0 Å². The lowest BCUT2D eigenvalue weighted by molar-refractivity contribution is 0.125. The Balaban J connectivity index is 1.99. The maximum atomic E-state index is 12.7. The number of hydrogen-bond donors (Lipinski definition) is 1. The number of benzene rings is 1. The number of likely N-dealkylation sites (tertiary alicyclic amines) is 1. The van der Waals surface area contributed by atoms with Gasteiger partial charge in [-0.05, 0) is 43.0 Å². The fourth-order valence-corrected chi connectivity index (χ4v) is 2.76. The van der Waals surface area contributed by atoms with Crippen LogP contribution in [0.15, 0.2) is 24.3 Å². The van der Waals surface area contributed by atoms with Gasteiger partial charge in [0.1, 0.15) is 0 Å². The van der Waals surface area contributed by atoms with Crippen LogP contribution >= 0.6 is 0 Å². The van der Waals surface area contributed by atoms with Gasteiger partial charge in [-0.2, -0.15) is 0 Å². The third kappa shape index (κ3) is 3.74. The van der Waals surface area contributed by atoms with Crippen molar-refractivity contribution in [1.29, 1.82) is 0 Å². The molecule has 0 aromatic heterocycles. The molecule has 0 radical (unpaired) electrons. The van der Waals surface area contributed by atoms with Crippen molar-refractivity contribution in [2.24, 2.45) is 17.6 Å². The summed E-state index contributed by atoms with van der Waals surface area (Å²) in [5.74, 6) is 1.18. The highest BCUT2D eigenvalue weighted by atomic mass is 19.3. The Kier molecular flexibility index (Phi) is 4.88. The quantitative estimate of drug-likeness (QED) is 0.909. The fraction of sp³-hybridized carbons (Fsp3) is 0.600. The van der Waals surface area contributed by atoms with Crippen LogP contribution < -0.4 is 5.73 Å². The summed E-state index contributed by atoms with van der Waals surface area (Å²) in [7, 11) is 0. The summed E-state index contributed by atoms with van der Waals surface area (Å²) in [6.45, 7) is 5.68. The van der Waals surface area contributed by atoms with Crippen LogP contribution in [0, 0.1) is 11.8 Å². The molecule has 0 saturated carbocycles. The van der Waals surface area contributed by atoms with Gasteiger partial charge in [-0.3, -0.25) is 4.90 Å². The Morgan fingerprint density at radius 2 is 2.21 bits per heavy atom. The number of hydrogen-bond acceptors (Lipinski definition) is 2. The lowest BCUT2D eigenvalue weighted by Crippen LogP contribution is -2.42. The van der Waals surface area contributed by atoms with Gasteiger partial charge in [0, 0.05) is 18.7 Å². The predicted molar refractivity (Wildman–Crippen MR) is 73.0 cm³/mol. The van der Waals surface area contributed by atoms with E-state index in [-0.39, 0.29) is 5.56 Å². The first-order chi connectivity index (χ1) is 9.10. The van der Waals surface area contributed by atoms with Gasteiger partial charge in [0.15, 0.2) is 0 Å². The zero-order valence-electron chi connectivity index (χ0n) is 11.4. The molecule has 1 aromatic carbocycles. The molecule has 1 fully saturated rings. The average molecular weight is 268 g/mol. The van der Waals surface area contributed by atoms with Gasteiger partial charge < -0.3 is 5.73 Å². The van der Waals surface area contributed by atoms with E-state index in [4.69, 9.17) is 5.73 Å². The topological polar surface area (TPSA) is 29.3 Å². The first-order valence-corrected chi connectivity index (χ1v) is 6.89. The third-order valence-electron chi connectivity index (χ3n) is 4.11. The summed E-state index contributed by atoms with van der Waals surface area (Å²) < 4.78 is 25.3. The normalized spacial score (nSPS) is 24.9. The van der Waals surface area contributed by atoms with Gasteiger partial charge in [0.2, 0.25) is 0 Å². The van der Waals surface area contributed by atoms with E-state index in [2.05, 4.69) is 11.8 Å². The highest BCUT2D eigenvalue weighted by Crippen LogP contribution is 2.25. The molecule has 2 rings (SSSR count). The molecule has 4 heteroatoms. The molecular formula is C15H22F2N2. The van der Waals surface area contributed by atoms with Crippen molar-refractivity contribution in [1.82, 2.24) is 4.90 Å². The van der Waals surface area contributed by atoms with Crippen LogP contribution in [0.3, 0.4) is 0 Å². The van der Waals surface area contributed by atoms with E-state index in [1.807, 2.05) is 6.07 Å². The van der Waals surface area contributed by atoms with Crippen LogP contribution in [-0.4, -0.2) is 24.5 Å². The van der Waals surface area contributed by atoms with Crippen LogP contribution in [0.4, 0.5) is 8.78 Å². The van der Waals surface area contributed by atoms with E-state index in [0.29, 0.717) is 18.4 Å².